The Labute approximate surface area is 123 Å². The van der Waals surface area contributed by atoms with E-state index in [9.17, 15) is 0 Å². The average Bonchev–Trinajstić information content (AvgIpc) is 2.85. The van der Waals surface area contributed by atoms with Crippen molar-refractivity contribution < 1.29 is 4.74 Å². The molecule has 4 nitrogen and oxygen atoms in total. The number of hydrogen-bond acceptors (Lipinski definition) is 3. The Morgan fingerprint density at radius 1 is 1.10 bits per heavy atom. The zero-order valence-electron chi connectivity index (χ0n) is 11.9. The van der Waals surface area contributed by atoms with E-state index in [0.717, 1.165) is 22.6 Å². The highest BCUT2D eigenvalue weighted by Crippen LogP contribution is 2.28. The number of anilines is 1. The van der Waals surface area contributed by atoms with Gasteiger partial charge < -0.3 is 10.5 Å². The molecule has 0 amide bonds. The lowest BCUT2D eigenvalue weighted by atomic mass is 10.1. The Balaban J connectivity index is 1.81. The van der Waals surface area contributed by atoms with Crippen molar-refractivity contribution in [3.05, 3.63) is 66.4 Å². The number of benzene rings is 2. The molecule has 1 aromatic heterocycles. The average molecular weight is 279 g/mol. The molecule has 2 N–H and O–H groups in total. The normalized spacial score (nSPS) is 10.5. The van der Waals surface area contributed by atoms with Gasteiger partial charge in [0.2, 0.25) is 0 Å². The molecule has 0 saturated heterocycles. The SMILES string of the molecule is Cn1ncc(N)c1-c1cccc(OCc2ccccc2)c1. The zero-order chi connectivity index (χ0) is 14.7. The van der Waals surface area contributed by atoms with Gasteiger partial charge in [-0.2, -0.15) is 5.10 Å². The standard InChI is InChI=1S/C17H17N3O/c1-20-17(16(18)11-19-20)14-8-5-9-15(10-14)21-12-13-6-3-2-4-7-13/h2-11H,12,18H2,1H3. The number of hydrogen-bond donors (Lipinski definition) is 1. The van der Waals surface area contributed by atoms with Crippen molar-refractivity contribution >= 4 is 5.69 Å². The molecule has 0 aliphatic rings. The molecule has 0 saturated carbocycles. The van der Waals surface area contributed by atoms with Gasteiger partial charge in [-0.15, -0.1) is 0 Å². The van der Waals surface area contributed by atoms with Crippen molar-refractivity contribution in [1.82, 2.24) is 9.78 Å². The molecule has 106 valence electrons. The maximum atomic E-state index is 5.96. The summed E-state index contributed by atoms with van der Waals surface area (Å²) in [5.41, 5.74) is 9.67. The number of nitrogens with two attached hydrogens (primary N) is 1. The van der Waals surface area contributed by atoms with Crippen molar-refractivity contribution in [3.63, 3.8) is 0 Å². The highest BCUT2D eigenvalue weighted by Gasteiger charge is 2.09. The molecule has 0 bridgehead atoms. The lowest BCUT2D eigenvalue weighted by molar-refractivity contribution is 0.306. The van der Waals surface area contributed by atoms with E-state index >= 15 is 0 Å². The fourth-order valence-corrected chi connectivity index (χ4v) is 2.28. The first-order valence-electron chi connectivity index (χ1n) is 6.78. The molecule has 0 aliphatic heterocycles. The largest absolute Gasteiger partial charge is 0.489 e. The monoisotopic (exact) mass is 279 g/mol. The van der Waals surface area contributed by atoms with Crippen LogP contribution in [-0.4, -0.2) is 9.78 Å². The highest BCUT2D eigenvalue weighted by atomic mass is 16.5. The van der Waals surface area contributed by atoms with Gasteiger partial charge in [-0.05, 0) is 17.7 Å². The molecule has 4 heteroatoms. The van der Waals surface area contributed by atoms with E-state index in [1.807, 2.05) is 61.6 Å². The minimum absolute atomic E-state index is 0.547. The molecule has 3 rings (SSSR count). The van der Waals surface area contributed by atoms with E-state index in [1.54, 1.807) is 10.9 Å². The van der Waals surface area contributed by atoms with Crippen molar-refractivity contribution in [2.45, 2.75) is 6.61 Å². The number of rotatable bonds is 4. The summed E-state index contributed by atoms with van der Waals surface area (Å²) in [5.74, 6) is 0.817. The molecule has 0 fully saturated rings. The van der Waals surface area contributed by atoms with E-state index in [0.29, 0.717) is 12.3 Å². The minimum Gasteiger partial charge on any atom is -0.489 e. The first kappa shape index (κ1) is 13.2. The summed E-state index contributed by atoms with van der Waals surface area (Å²) in [5, 5.41) is 4.17. The second kappa shape index (κ2) is 5.71. The fraction of sp³-hybridized carbons (Fsp3) is 0.118. The Kier molecular flexibility index (Phi) is 3.60. The summed E-state index contributed by atoms with van der Waals surface area (Å²) in [6.07, 6.45) is 1.66. The molecular weight excluding hydrogens is 262 g/mol. The second-order valence-electron chi connectivity index (χ2n) is 4.87. The van der Waals surface area contributed by atoms with Crippen LogP contribution in [0.25, 0.3) is 11.3 Å². The molecule has 0 radical (unpaired) electrons. The smallest absolute Gasteiger partial charge is 0.120 e. The van der Waals surface area contributed by atoms with Crippen molar-refractivity contribution in [3.8, 4) is 17.0 Å². The van der Waals surface area contributed by atoms with Crippen LogP contribution in [0, 0.1) is 0 Å². The van der Waals surface area contributed by atoms with Gasteiger partial charge >= 0.3 is 0 Å². The highest BCUT2D eigenvalue weighted by molar-refractivity contribution is 5.73. The lowest BCUT2D eigenvalue weighted by Crippen LogP contribution is -1.98. The van der Waals surface area contributed by atoms with Crippen molar-refractivity contribution in [2.75, 3.05) is 5.73 Å². The van der Waals surface area contributed by atoms with Gasteiger partial charge in [-0.3, -0.25) is 4.68 Å². The van der Waals surface area contributed by atoms with E-state index in [1.165, 1.54) is 0 Å². The first-order valence-corrected chi connectivity index (χ1v) is 6.78. The predicted molar refractivity (Wildman–Crippen MR) is 83.8 cm³/mol. The number of nitrogen functional groups attached to an aromatic ring is 1. The third kappa shape index (κ3) is 2.89. The molecule has 2 aromatic carbocycles. The molecule has 0 aliphatic carbocycles. The van der Waals surface area contributed by atoms with Crippen molar-refractivity contribution in [2.24, 2.45) is 7.05 Å². The number of ether oxygens (including phenoxy) is 1. The van der Waals surface area contributed by atoms with Gasteiger partial charge in [0.1, 0.15) is 12.4 Å². The summed E-state index contributed by atoms with van der Waals surface area (Å²) < 4.78 is 7.61. The maximum Gasteiger partial charge on any atom is 0.120 e. The van der Waals surface area contributed by atoms with Gasteiger partial charge in [-0.25, -0.2) is 0 Å². The molecule has 3 aromatic rings. The Morgan fingerprint density at radius 2 is 1.90 bits per heavy atom. The van der Waals surface area contributed by atoms with Gasteiger partial charge in [-0.1, -0.05) is 42.5 Å². The van der Waals surface area contributed by atoms with E-state index < -0.39 is 0 Å². The summed E-state index contributed by atoms with van der Waals surface area (Å²) in [4.78, 5) is 0. The number of aryl methyl sites for hydroxylation is 1. The Morgan fingerprint density at radius 3 is 2.62 bits per heavy atom. The van der Waals surface area contributed by atoms with E-state index in [4.69, 9.17) is 10.5 Å². The van der Waals surface area contributed by atoms with Crippen molar-refractivity contribution in [1.29, 1.82) is 0 Å². The van der Waals surface area contributed by atoms with Crippen LogP contribution in [0.4, 0.5) is 5.69 Å². The number of aromatic nitrogens is 2. The van der Waals surface area contributed by atoms with Crippen LogP contribution in [0.1, 0.15) is 5.56 Å². The Bertz CT molecular complexity index is 715. The summed E-state index contributed by atoms with van der Waals surface area (Å²) in [7, 11) is 1.88. The van der Waals surface area contributed by atoms with Gasteiger partial charge in [0.15, 0.2) is 0 Å². The van der Waals surface area contributed by atoms with Crippen LogP contribution in [-0.2, 0) is 13.7 Å². The van der Waals surface area contributed by atoms with Crippen LogP contribution in [0.5, 0.6) is 5.75 Å². The van der Waals surface area contributed by atoms with Crippen LogP contribution >= 0.6 is 0 Å². The van der Waals surface area contributed by atoms with E-state index in [-0.39, 0.29) is 0 Å². The Hall–Kier alpha value is -2.75. The fourth-order valence-electron chi connectivity index (χ4n) is 2.28. The summed E-state index contributed by atoms with van der Waals surface area (Å²) >= 11 is 0. The third-order valence-corrected chi connectivity index (χ3v) is 3.32. The van der Waals surface area contributed by atoms with Crippen LogP contribution < -0.4 is 10.5 Å². The van der Waals surface area contributed by atoms with Gasteiger partial charge in [0.05, 0.1) is 17.6 Å². The first-order chi connectivity index (χ1) is 10.2. The topological polar surface area (TPSA) is 53.1 Å². The minimum atomic E-state index is 0.547. The van der Waals surface area contributed by atoms with E-state index in [2.05, 4.69) is 5.10 Å². The van der Waals surface area contributed by atoms with Gasteiger partial charge in [0, 0.05) is 12.6 Å². The predicted octanol–water partition coefficient (Wildman–Crippen LogP) is 3.25. The molecule has 21 heavy (non-hydrogen) atoms. The quantitative estimate of drug-likeness (QED) is 0.797. The summed E-state index contributed by atoms with van der Waals surface area (Å²) in [6, 6.07) is 18.0. The van der Waals surface area contributed by atoms with Crippen LogP contribution in [0.2, 0.25) is 0 Å². The molecular formula is C17H17N3O. The molecule has 0 atom stereocenters. The van der Waals surface area contributed by atoms with Crippen LogP contribution in [0.15, 0.2) is 60.8 Å². The third-order valence-electron chi connectivity index (χ3n) is 3.32. The lowest BCUT2D eigenvalue weighted by Gasteiger charge is -2.09. The summed E-state index contributed by atoms with van der Waals surface area (Å²) in [6.45, 7) is 0.547. The maximum absolute atomic E-state index is 5.96. The second-order valence-corrected chi connectivity index (χ2v) is 4.87. The molecule has 0 spiro atoms. The van der Waals surface area contributed by atoms with Gasteiger partial charge in [0.25, 0.3) is 0 Å². The molecule has 1 heterocycles. The van der Waals surface area contributed by atoms with Crippen LogP contribution in [0.3, 0.4) is 0 Å². The molecule has 0 unspecified atom stereocenters. The zero-order valence-corrected chi connectivity index (χ0v) is 11.9. The number of nitrogens with zero attached hydrogens (tertiary/aromatic N) is 2.